The Bertz CT molecular complexity index is 730. The minimum atomic E-state index is -0.736. The second-order valence-electron chi connectivity index (χ2n) is 4.84. The molecule has 0 fully saturated rings. The van der Waals surface area contributed by atoms with Crippen LogP contribution in [0.5, 0.6) is 17.2 Å². The van der Waals surface area contributed by atoms with Crippen LogP contribution in [0.2, 0.25) is 0 Å². The number of hydrazone groups is 1. The summed E-state index contributed by atoms with van der Waals surface area (Å²) in [6.07, 6.45) is 0.786. The fourth-order valence-corrected chi connectivity index (χ4v) is 2.16. The van der Waals surface area contributed by atoms with Gasteiger partial charge in [-0.3, -0.25) is 4.79 Å². The van der Waals surface area contributed by atoms with E-state index in [-0.39, 0.29) is 12.5 Å². The number of nitrogens with one attached hydrogen (secondary N) is 1. The molecular formula is C17H16N2O4. The highest BCUT2D eigenvalue weighted by atomic mass is 16.6. The molecule has 1 atom stereocenters. The summed E-state index contributed by atoms with van der Waals surface area (Å²) in [4.78, 5) is 12.1. The number of rotatable bonds is 4. The van der Waals surface area contributed by atoms with Gasteiger partial charge >= 0.3 is 0 Å². The standard InChI is InChI=1S/C17H16N2O4/c1-21-13-7-3-2-6-12(13)10-18-19-17(20)16-11-22-14-8-4-5-9-15(14)23-16/h2-10,16H,11H2,1H3,(H,19,20). The van der Waals surface area contributed by atoms with E-state index in [1.807, 2.05) is 36.4 Å². The van der Waals surface area contributed by atoms with Gasteiger partial charge in [-0.05, 0) is 24.3 Å². The van der Waals surface area contributed by atoms with Crippen molar-refractivity contribution in [3.05, 3.63) is 54.1 Å². The van der Waals surface area contributed by atoms with Crippen molar-refractivity contribution >= 4 is 12.1 Å². The highest BCUT2D eigenvalue weighted by Crippen LogP contribution is 2.30. The number of hydrogen-bond acceptors (Lipinski definition) is 5. The second kappa shape index (κ2) is 6.83. The van der Waals surface area contributed by atoms with Gasteiger partial charge in [-0.1, -0.05) is 24.3 Å². The topological polar surface area (TPSA) is 69.2 Å². The summed E-state index contributed by atoms with van der Waals surface area (Å²) in [5.41, 5.74) is 3.22. The van der Waals surface area contributed by atoms with E-state index in [4.69, 9.17) is 14.2 Å². The van der Waals surface area contributed by atoms with Gasteiger partial charge in [0.1, 0.15) is 12.4 Å². The van der Waals surface area contributed by atoms with E-state index >= 15 is 0 Å². The average molecular weight is 312 g/mol. The van der Waals surface area contributed by atoms with E-state index < -0.39 is 6.10 Å². The first-order valence-corrected chi connectivity index (χ1v) is 7.12. The fourth-order valence-electron chi connectivity index (χ4n) is 2.16. The maximum absolute atomic E-state index is 12.1. The van der Waals surface area contributed by atoms with E-state index in [0.717, 1.165) is 5.56 Å². The molecule has 1 N–H and O–H groups in total. The summed E-state index contributed by atoms with van der Waals surface area (Å²) in [6.45, 7) is 0.146. The van der Waals surface area contributed by atoms with Crippen molar-refractivity contribution in [3.8, 4) is 17.2 Å². The van der Waals surface area contributed by atoms with E-state index in [9.17, 15) is 4.79 Å². The molecule has 1 heterocycles. The van der Waals surface area contributed by atoms with Crippen LogP contribution in [0.15, 0.2) is 53.6 Å². The largest absolute Gasteiger partial charge is 0.496 e. The summed E-state index contributed by atoms with van der Waals surface area (Å²) < 4.78 is 16.3. The molecular weight excluding hydrogens is 296 g/mol. The summed E-state index contributed by atoms with van der Waals surface area (Å²) in [6, 6.07) is 14.6. The Balaban J connectivity index is 1.61. The van der Waals surface area contributed by atoms with Gasteiger partial charge in [0.05, 0.1) is 13.3 Å². The number of carbonyl (C=O) groups excluding carboxylic acids is 1. The third kappa shape index (κ3) is 3.42. The summed E-state index contributed by atoms with van der Waals surface area (Å²) in [5.74, 6) is 1.49. The van der Waals surface area contributed by atoms with Gasteiger partial charge < -0.3 is 14.2 Å². The Morgan fingerprint density at radius 2 is 1.96 bits per heavy atom. The number of hydrogen-bond donors (Lipinski definition) is 1. The molecule has 0 saturated heterocycles. The second-order valence-corrected chi connectivity index (χ2v) is 4.84. The molecule has 1 aliphatic heterocycles. The lowest BCUT2D eigenvalue weighted by atomic mass is 10.2. The highest BCUT2D eigenvalue weighted by molar-refractivity contribution is 5.86. The minimum Gasteiger partial charge on any atom is -0.496 e. The SMILES string of the molecule is COc1ccccc1C=NNC(=O)C1COc2ccccc2O1. The molecule has 2 aromatic rings. The zero-order valence-corrected chi connectivity index (χ0v) is 12.6. The Morgan fingerprint density at radius 1 is 1.22 bits per heavy atom. The zero-order valence-electron chi connectivity index (χ0n) is 12.6. The first kappa shape index (κ1) is 14.9. The van der Waals surface area contributed by atoms with Crippen LogP contribution in [0.1, 0.15) is 5.56 Å². The zero-order chi connectivity index (χ0) is 16.1. The molecule has 0 bridgehead atoms. The summed E-state index contributed by atoms with van der Waals surface area (Å²) in [7, 11) is 1.58. The van der Waals surface area contributed by atoms with Gasteiger partial charge in [0.2, 0.25) is 6.10 Å². The summed E-state index contributed by atoms with van der Waals surface area (Å²) >= 11 is 0. The van der Waals surface area contributed by atoms with Gasteiger partial charge in [0, 0.05) is 5.56 Å². The molecule has 6 heteroatoms. The van der Waals surface area contributed by atoms with Gasteiger partial charge in [-0.25, -0.2) is 5.43 Å². The van der Waals surface area contributed by atoms with Crippen LogP contribution in [0.4, 0.5) is 0 Å². The van der Waals surface area contributed by atoms with E-state index in [0.29, 0.717) is 17.2 Å². The van der Waals surface area contributed by atoms with Crippen molar-refractivity contribution in [1.82, 2.24) is 5.43 Å². The quantitative estimate of drug-likeness (QED) is 0.692. The number of nitrogens with zero attached hydrogens (tertiary/aromatic N) is 1. The normalized spacial score (nSPS) is 16.1. The van der Waals surface area contributed by atoms with E-state index in [2.05, 4.69) is 10.5 Å². The molecule has 3 rings (SSSR count). The van der Waals surface area contributed by atoms with Crippen LogP contribution in [0.3, 0.4) is 0 Å². The molecule has 118 valence electrons. The molecule has 1 aliphatic rings. The molecule has 1 unspecified atom stereocenters. The molecule has 0 spiro atoms. The predicted octanol–water partition coefficient (Wildman–Crippen LogP) is 1.99. The monoisotopic (exact) mass is 312 g/mol. The minimum absolute atomic E-state index is 0.146. The van der Waals surface area contributed by atoms with Crippen molar-refractivity contribution in [2.24, 2.45) is 5.10 Å². The van der Waals surface area contributed by atoms with Crippen molar-refractivity contribution in [1.29, 1.82) is 0 Å². The molecule has 2 aromatic carbocycles. The van der Waals surface area contributed by atoms with Gasteiger partial charge in [-0.2, -0.15) is 5.10 Å². The van der Waals surface area contributed by atoms with Crippen molar-refractivity contribution in [2.75, 3.05) is 13.7 Å². The van der Waals surface area contributed by atoms with E-state index in [1.54, 1.807) is 19.2 Å². The van der Waals surface area contributed by atoms with Crippen molar-refractivity contribution in [2.45, 2.75) is 6.10 Å². The van der Waals surface area contributed by atoms with E-state index in [1.165, 1.54) is 6.21 Å². The lowest BCUT2D eigenvalue weighted by Gasteiger charge is -2.24. The lowest BCUT2D eigenvalue weighted by Crippen LogP contribution is -2.42. The number of benzene rings is 2. The first-order chi connectivity index (χ1) is 11.3. The number of amides is 1. The number of para-hydroxylation sites is 3. The smallest absolute Gasteiger partial charge is 0.284 e. The third-order valence-electron chi connectivity index (χ3n) is 3.32. The number of methoxy groups -OCH3 is 1. The van der Waals surface area contributed by atoms with Crippen LogP contribution in [-0.2, 0) is 4.79 Å². The van der Waals surface area contributed by atoms with Gasteiger partial charge in [0.25, 0.3) is 5.91 Å². The maximum Gasteiger partial charge on any atom is 0.284 e. The number of fused-ring (bicyclic) bond motifs is 1. The van der Waals surface area contributed by atoms with Crippen LogP contribution in [0, 0.1) is 0 Å². The molecule has 0 aliphatic carbocycles. The van der Waals surface area contributed by atoms with Crippen molar-refractivity contribution < 1.29 is 19.0 Å². The molecule has 0 radical (unpaired) electrons. The number of ether oxygens (including phenoxy) is 3. The van der Waals surface area contributed by atoms with Crippen LogP contribution in [-0.4, -0.2) is 31.9 Å². The average Bonchev–Trinajstić information content (AvgIpc) is 2.61. The van der Waals surface area contributed by atoms with Crippen molar-refractivity contribution in [3.63, 3.8) is 0 Å². The van der Waals surface area contributed by atoms with Crippen LogP contribution < -0.4 is 19.6 Å². The summed E-state index contributed by atoms with van der Waals surface area (Å²) in [5, 5.41) is 3.94. The van der Waals surface area contributed by atoms with Crippen LogP contribution >= 0.6 is 0 Å². The Morgan fingerprint density at radius 3 is 2.78 bits per heavy atom. The Labute approximate surface area is 133 Å². The van der Waals surface area contributed by atoms with Crippen LogP contribution in [0.25, 0.3) is 0 Å². The number of carbonyl (C=O) groups is 1. The lowest BCUT2D eigenvalue weighted by molar-refractivity contribution is -0.130. The molecule has 0 saturated carbocycles. The fraction of sp³-hybridized carbons (Fsp3) is 0.176. The van der Waals surface area contributed by atoms with Gasteiger partial charge in [0.15, 0.2) is 11.5 Å². The third-order valence-corrected chi connectivity index (χ3v) is 3.32. The molecule has 23 heavy (non-hydrogen) atoms. The first-order valence-electron chi connectivity index (χ1n) is 7.12. The molecule has 6 nitrogen and oxygen atoms in total. The molecule has 0 aromatic heterocycles. The highest BCUT2D eigenvalue weighted by Gasteiger charge is 2.26. The molecule has 1 amide bonds. The maximum atomic E-state index is 12.1. The Hall–Kier alpha value is -3.02. The Kier molecular flexibility index (Phi) is 4.42. The predicted molar refractivity (Wildman–Crippen MR) is 85.1 cm³/mol. The van der Waals surface area contributed by atoms with Gasteiger partial charge in [-0.15, -0.1) is 0 Å².